The molecule has 0 saturated carbocycles. The minimum atomic E-state index is 0.461. The summed E-state index contributed by atoms with van der Waals surface area (Å²) in [4.78, 5) is 2.52. The molecule has 0 amide bonds. The van der Waals surface area contributed by atoms with Crippen LogP contribution in [0.15, 0.2) is 0 Å². The minimum Gasteiger partial charge on any atom is -0.326 e. The summed E-state index contributed by atoms with van der Waals surface area (Å²) in [5, 5.41) is 0. The number of nitrogens with two attached hydrogens (primary N) is 1. The topological polar surface area (TPSA) is 29.3 Å². The summed E-state index contributed by atoms with van der Waals surface area (Å²) in [6.45, 7) is 4.84. The number of piperidine rings is 3. The molecule has 3 saturated heterocycles. The molecule has 0 aromatic carbocycles. The van der Waals surface area contributed by atoms with Gasteiger partial charge in [0.1, 0.15) is 0 Å². The molecule has 0 radical (unpaired) electrons. The summed E-state index contributed by atoms with van der Waals surface area (Å²) in [5.41, 5.74) is 6.02. The van der Waals surface area contributed by atoms with E-state index in [1.54, 1.807) is 0 Å². The molecule has 2 heteroatoms. The van der Waals surface area contributed by atoms with Crippen LogP contribution >= 0.6 is 0 Å². The molecule has 10 heavy (non-hydrogen) atoms. The largest absolute Gasteiger partial charge is 0.326 e. The van der Waals surface area contributed by atoms with Crippen LogP contribution in [0.5, 0.6) is 0 Å². The first kappa shape index (κ1) is 6.62. The summed E-state index contributed by atoms with van der Waals surface area (Å²) in [7, 11) is 0. The van der Waals surface area contributed by atoms with E-state index in [4.69, 9.17) is 5.73 Å². The smallest absolute Gasteiger partial charge is 0.0223 e. The van der Waals surface area contributed by atoms with Crippen LogP contribution in [0.2, 0.25) is 0 Å². The Hall–Kier alpha value is -0.0800. The van der Waals surface area contributed by atoms with Gasteiger partial charge in [0.05, 0.1) is 0 Å². The fourth-order valence-corrected chi connectivity index (χ4v) is 2.35. The van der Waals surface area contributed by atoms with Crippen LogP contribution in [0.3, 0.4) is 0 Å². The molecule has 0 aromatic rings. The molecule has 3 aliphatic rings. The Kier molecular flexibility index (Phi) is 1.46. The Morgan fingerprint density at radius 1 is 1.30 bits per heavy atom. The van der Waals surface area contributed by atoms with Crippen LogP contribution in [0.4, 0.5) is 0 Å². The molecule has 0 aliphatic carbocycles. The molecule has 0 spiro atoms. The number of rotatable bonds is 0. The predicted molar refractivity (Wildman–Crippen MR) is 41.7 cm³/mol. The molecule has 0 unspecified atom stereocenters. The van der Waals surface area contributed by atoms with Crippen molar-refractivity contribution in [1.82, 2.24) is 4.90 Å². The number of nitrogens with zero attached hydrogens (tertiary/aromatic N) is 1. The molecule has 2 bridgehead atoms. The summed E-state index contributed by atoms with van der Waals surface area (Å²) in [6.07, 6.45) is 2.68. The van der Waals surface area contributed by atoms with Crippen LogP contribution < -0.4 is 5.73 Å². The lowest BCUT2D eigenvalue weighted by atomic mass is 9.80. The molecule has 2 nitrogen and oxygen atoms in total. The van der Waals surface area contributed by atoms with E-state index in [-0.39, 0.29) is 0 Å². The van der Waals surface area contributed by atoms with E-state index >= 15 is 0 Å². The second kappa shape index (κ2) is 2.21. The zero-order chi connectivity index (χ0) is 7.14. The van der Waals surface area contributed by atoms with Crippen LogP contribution in [0.1, 0.15) is 19.8 Å². The maximum Gasteiger partial charge on any atom is 0.0223 e. The van der Waals surface area contributed by atoms with Gasteiger partial charge in [0.2, 0.25) is 0 Å². The lowest BCUT2D eigenvalue weighted by molar-refractivity contribution is 0.0380. The van der Waals surface area contributed by atoms with E-state index < -0.39 is 0 Å². The highest BCUT2D eigenvalue weighted by molar-refractivity contribution is 4.94. The highest BCUT2D eigenvalue weighted by atomic mass is 15.2. The average Bonchev–Trinajstić information content (AvgIpc) is 2.00. The zero-order valence-corrected chi connectivity index (χ0v) is 6.59. The zero-order valence-electron chi connectivity index (χ0n) is 6.59. The van der Waals surface area contributed by atoms with Gasteiger partial charge >= 0.3 is 0 Å². The third kappa shape index (κ3) is 0.789. The van der Waals surface area contributed by atoms with E-state index in [9.17, 15) is 0 Å². The van der Waals surface area contributed by atoms with Gasteiger partial charge in [-0.3, -0.25) is 4.90 Å². The van der Waals surface area contributed by atoms with Crippen LogP contribution in [-0.2, 0) is 0 Å². The third-order valence-electron chi connectivity index (χ3n) is 3.25. The van der Waals surface area contributed by atoms with Gasteiger partial charge in [0, 0.05) is 12.1 Å². The first-order chi connectivity index (χ1) is 4.79. The molecule has 3 fully saturated rings. The molecule has 2 atom stereocenters. The van der Waals surface area contributed by atoms with Gasteiger partial charge in [0.15, 0.2) is 0 Å². The van der Waals surface area contributed by atoms with Gasteiger partial charge in [-0.05, 0) is 38.8 Å². The quantitative estimate of drug-likeness (QED) is 0.528. The van der Waals surface area contributed by atoms with E-state index in [0.717, 1.165) is 5.92 Å². The normalized spacial score (nSPS) is 53.4. The Labute approximate surface area is 62.4 Å². The number of hydrogen-bond acceptors (Lipinski definition) is 2. The van der Waals surface area contributed by atoms with Crippen molar-refractivity contribution < 1.29 is 0 Å². The third-order valence-corrected chi connectivity index (χ3v) is 3.25. The van der Waals surface area contributed by atoms with Gasteiger partial charge in [-0.25, -0.2) is 0 Å². The first-order valence-corrected chi connectivity index (χ1v) is 4.28. The fraction of sp³-hybridized carbons (Fsp3) is 1.00. The van der Waals surface area contributed by atoms with Crippen LogP contribution in [0, 0.1) is 5.92 Å². The molecule has 0 aromatic heterocycles. The Morgan fingerprint density at radius 3 is 2.20 bits per heavy atom. The summed E-state index contributed by atoms with van der Waals surface area (Å²) in [6, 6.07) is 1.11. The van der Waals surface area contributed by atoms with Gasteiger partial charge in [-0.2, -0.15) is 0 Å². The standard InChI is InChI=1S/C8H16N2/c1-6-8(9)7-2-4-10(6)5-3-7/h6-8H,2-5,9H2,1H3/t6-,8+/m0/s1. The second-order valence-corrected chi connectivity index (χ2v) is 3.69. The van der Waals surface area contributed by atoms with E-state index in [0.29, 0.717) is 12.1 Å². The van der Waals surface area contributed by atoms with Crippen molar-refractivity contribution >= 4 is 0 Å². The van der Waals surface area contributed by atoms with Gasteiger partial charge in [0.25, 0.3) is 0 Å². The van der Waals surface area contributed by atoms with Crippen molar-refractivity contribution in [2.75, 3.05) is 13.1 Å². The van der Waals surface area contributed by atoms with E-state index in [1.807, 2.05) is 0 Å². The van der Waals surface area contributed by atoms with Crippen molar-refractivity contribution in [3.05, 3.63) is 0 Å². The molecule has 3 heterocycles. The molecule has 3 aliphatic heterocycles. The maximum absolute atomic E-state index is 6.02. The van der Waals surface area contributed by atoms with Crippen molar-refractivity contribution in [3.8, 4) is 0 Å². The van der Waals surface area contributed by atoms with Crippen molar-refractivity contribution in [3.63, 3.8) is 0 Å². The molecule has 58 valence electrons. The molecular weight excluding hydrogens is 124 g/mol. The van der Waals surface area contributed by atoms with Gasteiger partial charge < -0.3 is 5.73 Å². The maximum atomic E-state index is 6.02. The van der Waals surface area contributed by atoms with Crippen molar-refractivity contribution in [2.45, 2.75) is 31.8 Å². The van der Waals surface area contributed by atoms with Crippen molar-refractivity contribution in [1.29, 1.82) is 0 Å². The predicted octanol–water partition coefficient (Wildman–Crippen LogP) is 0.428. The Balaban J connectivity index is 2.13. The van der Waals surface area contributed by atoms with Crippen LogP contribution in [-0.4, -0.2) is 30.1 Å². The average molecular weight is 140 g/mol. The van der Waals surface area contributed by atoms with Crippen molar-refractivity contribution in [2.24, 2.45) is 11.7 Å². The van der Waals surface area contributed by atoms with Gasteiger partial charge in [-0.1, -0.05) is 0 Å². The summed E-state index contributed by atoms with van der Waals surface area (Å²) < 4.78 is 0. The van der Waals surface area contributed by atoms with E-state index in [2.05, 4.69) is 11.8 Å². The highest BCUT2D eigenvalue weighted by Crippen LogP contribution is 2.30. The highest BCUT2D eigenvalue weighted by Gasteiger charge is 2.37. The second-order valence-electron chi connectivity index (χ2n) is 3.69. The lowest BCUT2D eigenvalue weighted by Crippen LogP contribution is -2.59. The number of fused-ring (bicyclic) bond motifs is 3. The molecule has 3 rings (SSSR count). The van der Waals surface area contributed by atoms with E-state index in [1.165, 1.54) is 25.9 Å². The summed E-state index contributed by atoms with van der Waals surface area (Å²) >= 11 is 0. The molecule has 2 N–H and O–H groups in total. The van der Waals surface area contributed by atoms with Gasteiger partial charge in [-0.15, -0.1) is 0 Å². The SMILES string of the molecule is C[C@H]1[C@@H](N)C2CCN1CC2. The Morgan fingerprint density at radius 2 is 1.90 bits per heavy atom. The monoisotopic (exact) mass is 140 g/mol. The minimum absolute atomic E-state index is 0.461. The Bertz CT molecular complexity index is 107. The first-order valence-electron chi connectivity index (χ1n) is 4.28. The van der Waals surface area contributed by atoms with Crippen LogP contribution in [0.25, 0.3) is 0 Å². The fourth-order valence-electron chi connectivity index (χ4n) is 2.35. The molecular formula is C8H16N2. The lowest BCUT2D eigenvalue weighted by Gasteiger charge is -2.48. The summed E-state index contributed by atoms with van der Waals surface area (Å²) in [5.74, 6) is 0.833. The number of hydrogen-bond donors (Lipinski definition) is 1.